The van der Waals surface area contributed by atoms with Crippen LogP contribution >= 0.6 is 0 Å². The van der Waals surface area contributed by atoms with Crippen molar-refractivity contribution < 1.29 is 40.2 Å². The Labute approximate surface area is 311 Å². The van der Waals surface area contributed by atoms with Crippen molar-refractivity contribution in [3.05, 3.63) is 35.1 Å². The van der Waals surface area contributed by atoms with Gasteiger partial charge in [-0.25, -0.2) is 0 Å². The third-order valence-electron chi connectivity index (χ3n) is 15.3. The first kappa shape index (κ1) is 40.0. The highest BCUT2D eigenvalue weighted by Crippen LogP contribution is 2.69. The Morgan fingerprint density at radius 2 is 1.87 bits per heavy atom. The average Bonchev–Trinajstić information content (AvgIpc) is 3.62. The number of nitrogens with one attached hydrogen (secondary N) is 1. The smallest absolute Gasteiger partial charge is 0.159 e. The first-order chi connectivity index (χ1) is 24.6. The van der Waals surface area contributed by atoms with E-state index in [4.69, 9.17) is 10.5 Å². The van der Waals surface area contributed by atoms with Gasteiger partial charge in [0.25, 0.3) is 0 Å². The summed E-state index contributed by atoms with van der Waals surface area (Å²) < 4.78 is 6.23. The van der Waals surface area contributed by atoms with Crippen LogP contribution in [0.5, 0.6) is 0 Å². The lowest BCUT2D eigenvalue weighted by atomic mass is 9.44. The zero-order chi connectivity index (χ0) is 37.6. The van der Waals surface area contributed by atoms with Crippen LogP contribution in [0, 0.1) is 40.4 Å². The minimum Gasteiger partial charge on any atom is -0.396 e. The molecule has 6 rings (SSSR count). The van der Waals surface area contributed by atoms with Crippen LogP contribution in [0.25, 0.3) is 0 Å². The summed E-state index contributed by atoms with van der Waals surface area (Å²) in [7, 11) is 0. The Morgan fingerprint density at radius 3 is 2.60 bits per heavy atom. The maximum atomic E-state index is 14.2. The van der Waals surface area contributed by atoms with E-state index in [1.54, 1.807) is 13.0 Å². The number of hydrogen-bond acceptors (Lipinski definition) is 10. The zero-order valence-electron chi connectivity index (χ0n) is 32.1. The maximum Gasteiger partial charge on any atom is 0.159 e. The van der Waals surface area contributed by atoms with Gasteiger partial charge in [0.05, 0.1) is 42.3 Å². The first-order valence-corrected chi connectivity index (χ1v) is 20.5. The molecule has 0 bridgehead atoms. The standard InChI is InChI=1S/C42H68N2O8/c1-5-6-7-8-10-27-24-52-37(25(27)2)38(49)40(4,50)35-16-19-42(51)29-21-32(46)30-22-33(47)34(48)23-41(30,28(29)15-17-39(35,42)3)18-14-26-12-13-36(43)44-31(26)11-9-20-45/h12-13,21,25,27-28,30,33-38,44-45,47-51H,5-11,14-20,22-24,43H2,1-4H3. The molecule has 9 N–H and O–H groups in total. The fourth-order valence-corrected chi connectivity index (χ4v) is 12.2. The van der Waals surface area contributed by atoms with E-state index in [0.29, 0.717) is 69.5 Å². The highest BCUT2D eigenvalue weighted by Gasteiger charge is 2.70. The van der Waals surface area contributed by atoms with Crippen molar-refractivity contribution in [3.63, 3.8) is 0 Å². The fraction of sp³-hybridized carbons (Fsp3) is 0.833. The Morgan fingerprint density at radius 1 is 1.10 bits per heavy atom. The molecule has 10 heteroatoms. The van der Waals surface area contributed by atoms with Gasteiger partial charge in [0.1, 0.15) is 6.10 Å². The van der Waals surface area contributed by atoms with Crippen molar-refractivity contribution in [2.45, 2.75) is 166 Å². The summed E-state index contributed by atoms with van der Waals surface area (Å²) >= 11 is 0. The summed E-state index contributed by atoms with van der Waals surface area (Å²) in [6.45, 7) is 8.72. The van der Waals surface area contributed by atoms with Crippen LogP contribution in [0.2, 0.25) is 0 Å². The highest BCUT2D eigenvalue weighted by atomic mass is 16.5. The number of ketones is 1. The normalized spacial score (nSPS) is 43.3. The number of hydrogen-bond donors (Lipinski definition) is 8. The van der Waals surface area contributed by atoms with Gasteiger partial charge in [-0.05, 0) is 130 Å². The van der Waals surface area contributed by atoms with Gasteiger partial charge in [0.2, 0.25) is 0 Å². The van der Waals surface area contributed by atoms with Gasteiger partial charge in [0.15, 0.2) is 5.78 Å². The number of ether oxygens (including phenoxy) is 1. The van der Waals surface area contributed by atoms with E-state index >= 15 is 0 Å². The molecule has 0 aromatic carbocycles. The molecule has 10 nitrogen and oxygen atoms in total. The topological polar surface area (TPSA) is 186 Å². The number of unbranched alkanes of at least 4 members (excludes halogenated alkanes) is 3. The molecule has 1 saturated heterocycles. The van der Waals surface area contributed by atoms with Crippen molar-refractivity contribution >= 4 is 5.78 Å². The Balaban J connectivity index is 1.27. The average molecular weight is 729 g/mol. The molecule has 2 aliphatic heterocycles. The highest BCUT2D eigenvalue weighted by molar-refractivity contribution is 5.95. The van der Waals surface area contributed by atoms with Crippen LogP contribution in [0.15, 0.2) is 35.1 Å². The second-order valence-corrected chi connectivity index (χ2v) is 18.1. The summed E-state index contributed by atoms with van der Waals surface area (Å²) in [6.07, 6.45) is 12.4. The number of nitrogens with two attached hydrogens (primary N) is 1. The molecule has 14 atom stereocenters. The molecule has 294 valence electrons. The zero-order valence-corrected chi connectivity index (χ0v) is 32.1. The number of carbonyl (C=O) groups excluding carboxylic acids is 1. The Bertz CT molecular complexity index is 1400. The molecular formula is C42H68N2O8. The van der Waals surface area contributed by atoms with Crippen LogP contribution in [0.4, 0.5) is 0 Å². The van der Waals surface area contributed by atoms with Gasteiger partial charge in [-0.15, -0.1) is 0 Å². The molecule has 14 unspecified atom stereocenters. The Hall–Kier alpha value is -1.63. The van der Waals surface area contributed by atoms with Crippen LogP contribution in [0.3, 0.4) is 0 Å². The number of carbonyl (C=O) groups is 1. The van der Waals surface area contributed by atoms with E-state index < -0.39 is 58.3 Å². The van der Waals surface area contributed by atoms with Gasteiger partial charge in [-0.1, -0.05) is 52.5 Å². The first-order valence-electron chi connectivity index (χ1n) is 20.5. The van der Waals surface area contributed by atoms with E-state index in [1.165, 1.54) is 19.3 Å². The minimum absolute atomic E-state index is 0.0623. The number of aliphatic hydroxyl groups excluding tert-OH is 4. The Kier molecular flexibility index (Phi) is 11.9. The second-order valence-electron chi connectivity index (χ2n) is 18.1. The summed E-state index contributed by atoms with van der Waals surface area (Å²) in [5.41, 5.74) is 4.50. The molecule has 0 radical (unpaired) electrons. The van der Waals surface area contributed by atoms with E-state index in [1.807, 2.05) is 19.1 Å². The summed E-state index contributed by atoms with van der Waals surface area (Å²) in [5.74, 6) is -0.804. The van der Waals surface area contributed by atoms with Crippen LogP contribution in [0.1, 0.15) is 124 Å². The number of dihydropyridines is 1. The number of fused-ring (bicyclic) bond motifs is 5. The van der Waals surface area contributed by atoms with Gasteiger partial charge in [-0.2, -0.15) is 0 Å². The van der Waals surface area contributed by atoms with Gasteiger partial charge >= 0.3 is 0 Å². The molecule has 2 heterocycles. The van der Waals surface area contributed by atoms with E-state index in [0.717, 1.165) is 24.1 Å². The second kappa shape index (κ2) is 15.5. The van der Waals surface area contributed by atoms with E-state index in [2.05, 4.69) is 19.2 Å². The number of aliphatic hydroxyl groups is 6. The summed E-state index contributed by atoms with van der Waals surface area (Å²) in [5, 5.41) is 72.2. The summed E-state index contributed by atoms with van der Waals surface area (Å²) in [4.78, 5) is 14.2. The maximum absolute atomic E-state index is 14.2. The van der Waals surface area contributed by atoms with Gasteiger partial charge < -0.3 is 46.4 Å². The lowest BCUT2D eigenvalue weighted by Gasteiger charge is -2.62. The molecule has 3 saturated carbocycles. The predicted molar refractivity (Wildman–Crippen MR) is 199 cm³/mol. The van der Waals surface area contributed by atoms with Crippen molar-refractivity contribution in [3.8, 4) is 0 Å². The lowest BCUT2D eigenvalue weighted by molar-refractivity contribution is -0.195. The van der Waals surface area contributed by atoms with Gasteiger partial charge in [-0.3, -0.25) is 4.79 Å². The van der Waals surface area contributed by atoms with Crippen LogP contribution < -0.4 is 11.1 Å². The molecule has 0 aromatic rings. The van der Waals surface area contributed by atoms with Crippen LogP contribution in [-0.4, -0.2) is 91.4 Å². The van der Waals surface area contributed by atoms with Crippen molar-refractivity contribution in [1.82, 2.24) is 5.32 Å². The molecular weight excluding hydrogens is 660 g/mol. The largest absolute Gasteiger partial charge is 0.396 e. The fourth-order valence-electron chi connectivity index (χ4n) is 12.2. The van der Waals surface area contributed by atoms with Crippen molar-refractivity contribution in [1.29, 1.82) is 0 Å². The predicted octanol–water partition coefficient (Wildman–Crippen LogP) is 4.16. The van der Waals surface area contributed by atoms with Crippen molar-refractivity contribution in [2.75, 3.05) is 13.2 Å². The molecule has 0 amide bonds. The molecule has 0 aromatic heterocycles. The molecule has 4 fully saturated rings. The summed E-state index contributed by atoms with van der Waals surface area (Å²) in [6, 6.07) is 0. The van der Waals surface area contributed by atoms with E-state index in [-0.39, 0.29) is 43.2 Å². The quantitative estimate of drug-likeness (QED) is 0.121. The molecule has 4 aliphatic carbocycles. The van der Waals surface area contributed by atoms with Crippen LogP contribution in [-0.2, 0) is 9.53 Å². The monoisotopic (exact) mass is 728 g/mol. The molecule has 6 aliphatic rings. The third-order valence-corrected chi connectivity index (χ3v) is 15.3. The van der Waals surface area contributed by atoms with Crippen molar-refractivity contribution in [2.24, 2.45) is 46.2 Å². The lowest BCUT2D eigenvalue weighted by Crippen LogP contribution is -2.64. The SMILES string of the molecule is CCCCCCC1COC(C(O)C(C)(O)C2CCC3(O)C4=CC(=O)C5CC(O)C(O)CC5(CCC5=C(CCCO)NC(N)C=C5)C4CCC23C)C1C. The minimum atomic E-state index is -1.54. The number of rotatable bonds is 14. The molecule has 0 spiro atoms. The third kappa shape index (κ3) is 6.80. The molecule has 52 heavy (non-hydrogen) atoms. The number of allylic oxidation sites excluding steroid dienone is 4. The van der Waals surface area contributed by atoms with E-state index in [9.17, 15) is 35.4 Å². The van der Waals surface area contributed by atoms with Gasteiger partial charge in [0, 0.05) is 23.6 Å².